The molecule has 0 spiro atoms. The van der Waals surface area contributed by atoms with E-state index in [9.17, 15) is 18.3 Å². The Morgan fingerprint density at radius 1 is 1.08 bits per heavy atom. The van der Waals surface area contributed by atoms with Crippen molar-refractivity contribution in [1.82, 2.24) is 9.62 Å². The first-order valence-corrected chi connectivity index (χ1v) is 9.43. The van der Waals surface area contributed by atoms with Crippen LogP contribution in [0, 0.1) is 0 Å². The van der Waals surface area contributed by atoms with Gasteiger partial charge in [-0.2, -0.15) is 0 Å². The number of nitrogens with zero attached hydrogens (tertiary/aromatic N) is 1. The molecule has 0 aliphatic carbocycles. The lowest BCUT2D eigenvalue weighted by Gasteiger charge is -2.12. The Morgan fingerprint density at radius 2 is 1.72 bits per heavy atom. The Morgan fingerprint density at radius 3 is 2.32 bits per heavy atom. The molecule has 0 aromatic heterocycles. The number of carbonyl (C=O) groups is 1. The summed E-state index contributed by atoms with van der Waals surface area (Å²) in [6, 6.07) is 14.5. The van der Waals surface area contributed by atoms with Crippen LogP contribution in [0.5, 0.6) is 0 Å². The van der Waals surface area contributed by atoms with Gasteiger partial charge in [-0.05, 0) is 28.8 Å². The Bertz CT molecular complexity index is 830. The Hall–Kier alpha value is -2.22. The molecule has 0 aliphatic rings. The maximum Gasteiger partial charge on any atom is 0.251 e. The monoisotopic (exact) mass is 362 g/mol. The quantitative estimate of drug-likeness (QED) is 0.781. The second kappa shape index (κ2) is 8.24. The molecule has 0 radical (unpaired) electrons. The van der Waals surface area contributed by atoms with Crippen molar-refractivity contribution in [2.75, 3.05) is 26.4 Å². The molecule has 0 unspecified atom stereocenters. The van der Waals surface area contributed by atoms with Gasteiger partial charge in [0.2, 0.25) is 10.0 Å². The van der Waals surface area contributed by atoms with Crippen molar-refractivity contribution in [3.8, 4) is 11.1 Å². The van der Waals surface area contributed by atoms with Crippen LogP contribution in [0.4, 0.5) is 0 Å². The van der Waals surface area contributed by atoms with Crippen LogP contribution in [-0.4, -0.2) is 50.1 Å². The Kier molecular flexibility index (Phi) is 6.30. The second-order valence-electron chi connectivity index (χ2n) is 5.75. The number of benzene rings is 2. The molecule has 0 heterocycles. The van der Waals surface area contributed by atoms with E-state index < -0.39 is 10.0 Å². The third-order valence-electron chi connectivity index (χ3n) is 3.85. The first-order chi connectivity index (χ1) is 11.8. The molecule has 0 saturated heterocycles. The van der Waals surface area contributed by atoms with E-state index in [4.69, 9.17) is 0 Å². The molecule has 1 amide bonds. The fourth-order valence-electron chi connectivity index (χ4n) is 2.32. The fraction of sp³-hybridized carbons (Fsp3) is 0.278. The highest BCUT2D eigenvalue weighted by atomic mass is 32.2. The number of aliphatic hydroxyl groups is 1. The minimum absolute atomic E-state index is 0.0500. The van der Waals surface area contributed by atoms with Crippen LogP contribution < -0.4 is 5.32 Å². The molecule has 2 aromatic rings. The SMILES string of the molecule is CN(C)S(=O)(=O)CCNC(=O)c1ccc(-c2ccccc2CO)cc1. The molecule has 0 bridgehead atoms. The van der Waals surface area contributed by atoms with Crippen LogP contribution in [0.25, 0.3) is 11.1 Å². The smallest absolute Gasteiger partial charge is 0.251 e. The average molecular weight is 362 g/mol. The van der Waals surface area contributed by atoms with Gasteiger partial charge in [0.1, 0.15) is 0 Å². The lowest BCUT2D eigenvalue weighted by Crippen LogP contribution is -2.33. The van der Waals surface area contributed by atoms with Gasteiger partial charge in [-0.1, -0.05) is 36.4 Å². The number of hydrogen-bond donors (Lipinski definition) is 2. The molecule has 134 valence electrons. The number of nitrogens with one attached hydrogen (secondary N) is 1. The number of hydrogen-bond acceptors (Lipinski definition) is 4. The zero-order valence-electron chi connectivity index (χ0n) is 14.3. The van der Waals surface area contributed by atoms with E-state index in [0.29, 0.717) is 5.56 Å². The van der Waals surface area contributed by atoms with Gasteiger partial charge >= 0.3 is 0 Å². The molecule has 2 aromatic carbocycles. The van der Waals surface area contributed by atoms with Crippen molar-refractivity contribution in [2.45, 2.75) is 6.61 Å². The van der Waals surface area contributed by atoms with E-state index >= 15 is 0 Å². The third-order valence-corrected chi connectivity index (χ3v) is 5.68. The van der Waals surface area contributed by atoms with Crippen molar-refractivity contribution in [3.63, 3.8) is 0 Å². The minimum atomic E-state index is -3.33. The summed E-state index contributed by atoms with van der Waals surface area (Å²) in [5, 5.41) is 12.0. The first kappa shape index (κ1) is 19.1. The van der Waals surface area contributed by atoms with Gasteiger partial charge < -0.3 is 10.4 Å². The second-order valence-corrected chi connectivity index (χ2v) is 8.05. The zero-order valence-corrected chi connectivity index (χ0v) is 15.1. The summed E-state index contributed by atoms with van der Waals surface area (Å²) in [6.45, 7) is -0.00674. The summed E-state index contributed by atoms with van der Waals surface area (Å²) in [5.74, 6) is -0.468. The van der Waals surface area contributed by atoms with Crippen molar-refractivity contribution in [3.05, 3.63) is 59.7 Å². The summed E-state index contributed by atoms with van der Waals surface area (Å²) in [5.41, 5.74) is 3.08. The largest absolute Gasteiger partial charge is 0.392 e. The van der Waals surface area contributed by atoms with Crippen LogP contribution in [0.3, 0.4) is 0 Å². The van der Waals surface area contributed by atoms with Gasteiger partial charge in [-0.15, -0.1) is 0 Å². The molecule has 2 rings (SSSR count). The summed E-state index contributed by atoms with van der Waals surface area (Å²) in [4.78, 5) is 12.1. The number of amides is 1. The topological polar surface area (TPSA) is 86.7 Å². The number of aliphatic hydroxyl groups excluding tert-OH is 1. The Labute approximate surface area is 148 Å². The summed E-state index contributed by atoms with van der Waals surface area (Å²) >= 11 is 0. The lowest BCUT2D eigenvalue weighted by atomic mass is 9.99. The van der Waals surface area contributed by atoms with Gasteiger partial charge in [-0.3, -0.25) is 4.79 Å². The molecule has 7 heteroatoms. The highest BCUT2D eigenvalue weighted by Gasteiger charge is 2.14. The molecule has 6 nitrogen and oxygen atoms in total. The van der Waals surface area contributed by atoms with Crippen molar-refractivity contribution < 1.29 is 18.3 Å². The third kappa shape index (κ3) is 4.88. The fourth-order valence-corrected chi connectivity index (χ4v) is 3.04. The van der Waals surface area contributed by atoms with Crippen LogP contribution in [-0.2, 0) is 16.6 Å². The van der Waals surface area contributed by atoms with Crippen molar-refractivity contribution >= 4 is 15.9 Å². The van der Waals surface area contributed by atoms with E-state index in [0.717, 1.165) is 21.0 Å². The van der Waals surface area contributed by atoms with Crippen LogP contribution >= 0.6 is 0 Å². The lowest BCUT2D eigenvalue weighted by molar-refractivity contribution is 0.0956. The maximum absolute atomic E-state index is 12.1. The molecule has 2 N–H and O–H groups in total. The molecular formula is C18H22N2O4S. The average Bonchev–Trinajstić information content (AvgIpc) is 2.61. The van der Waals surface area contributed by atoms with Crippen molar-refractivity contribution in [1.29, 1.82) is 0 Å². The standard InChI is InChI=1S/C18H22N2O4S/c1-20(2)25(23,24)12-11-19-18(22)15-9-7-14(8-10-15)17-6-4-3-5-16(17)13-21/h3-10,21H,11-13H2,1-2H3,(H,19,22). The number of sulfonamides is 1. The van der Waals surface area contributed by atoms with Crippen LogP contribution in [0.1, 0.15) is 15.9 Å². The molecular weight excluding hydrogens is 340 g/mol. The first-order valence-electron chi connectivity index (χ1n) is 7.83. The normalized spacial score (nSPS) is 11.5. The summed E-state index contributed by atoms with van der Waals surface area (Å²) in [7, 11) is -0.415. The number of rotatable bonds is 7. The van der Waals surface area contributed by atoms with Gasteiger partial charge in [-0.25, -0.2) is 12.7 Å². The maximum atomic E-state index is 12.1. The van der Waals surface area contributed by atoms with E-state index in [-0.39, 0.29) is 24.8 Å². The molecule has 0 saturated carbocycles. The molecule has 0 aliphatic heterocycles. The molecule has 0 atom stereocenters. The summed E-state index contributed by atoms with van der Waals surface area (Å²) in [6.07, 6.45) is 0. The minimum Gasteiger partial charge on any atom is -0.392 e. The van der Waals surface area contributed by atoms with Crippen LogP contribution in [0.2, 0.25) is 0 Å². The predicted octanol–water partition coefficient (Wildman–Crippen LogP) is 1.47. The highest BCUT2D eigenvalue weighted by Crippen LogP contribution is 2.24. The Balaban J connectivity index is 2.03. The van der Waals surface area contributed by atoms with E-state index in [1.807, 2.05) is 24.3 Å². The van der Waals surface area contributed by atoms with Gasteiger partial charge in [0.25, 0.3) is 5.91 Å². The molecule has 25 heavy (non-hydrogen) atoms. The van der Waals surface area contributed by atoms with Gasteiger partial charge in [0.15, 0.2) is 0 Å². The predicted molar refractivity (Wildman–Crippen MR) is 97.6 cm³/mol. The van der Waals surface area contributed by atoms with Crippen molar-refractivity contribution in [2.24, 2.45) is 0 Å². The summed E-state index contributed by atoms with van der Waals surface area (Å²) < 4.78 is 24.5. The van der Waals surface area contributed by atoms with Gasteiger partial charge in [0, 0.05) is 26.2 Å². The van der Waals surface area contributed by atoms with E-state index in [1.165, 1.54) is 14.1 Å². The van der Waals surface area contributed by atoms with E-state index in [1.54, 1.807) is 24.3 Å². The molecule has 0 fully saturated rings. The highest BCUT2D eigenvalue weighted by molar-refractivity contribution is 7.89. The van der Waals surface area contributed by atoms with Crippen LogP contribution in [0.15, 0.2) is 48.5 Å². The number of carbonyl (C=O) groups excluding carboxylic acids is 1. The zero-order chi connectivity index (χ0) is 18.4. The van der Waals surface area contributed by atoms with Gasteiger partial charge in [0.05, 0.1) is 12.4 Å². The van der Waals surface area contributed by atoms with E-state index in [2.05, 4.69) is 5.32 Å².